The molecule has 7 heteroatoms. The first-order chi connectivity index (χ1) is 13.8. The number of hydrogen-bond acceptors (Lipinski definition) is 3. The summed E-state index contributed by atoms with van der Waals surface area (Å²) in [6.45, 7) is 3.09. The van der Waals surface area contributed by atoms with Gasteiger partial charge in [-0.25, -0.2) is 13.6 Å². The topological polar surface area (TPSA) is 46.6 Å². The number of carbonyl (C=O) groups excluding carboxylic acids is 2. The second-order valence-corrected chi connectivity index (χ2v) is 7.09. The van der Waals surface area contributed by atoms with E-state index < -0.39 is 23.5 Å². The van der Waals surface area contributed by atoms with Gasteiger partial charge in [0.05, 0.1) is 18.7 Å². The summed E-state index contributed by atoms with van der Waals surface area (Å²) >= 11 is 6.31. The maximum Gasteiger partial charge on any atom is 0.336 e. The van der Waals surface area contributed by atoms with Crippen LogP contribution in [0.25, 0.3) is 0 Å². The summed E-state index contributed by atoms with van der Waals surface area (Å²) in [6, 6.07) is 10.5. The molecular formula is C22H20ClF2NO3. The number of ether oxygens (including phenoxy) is 1. The highest BCUT2D eigenvalue weighted by Crippen LogP contribution is 2.40. The fourth-order valence-electron chi connectivity index (χ4n) is 3.54. The lowest BCUT2D eigenvalue weighted by molar-refractivity contribution is -0.140. The summed E-state index contributed by atoms with van der Waals surface area (Å²) in [5.41, 5.74) is 0.949. The lowest BCUT2D eigenvalue weighted by Gasteiger charge is -2.35. The van der Waals surface area contributed by atoms with E-state index in [4.69, 9.17) is 16.3 Å². The first-order valence-corrected chi connectivity index (χ1v) is 9.58. The number of halogens is 3. The van der Waals surface area contributed by atoms with Gasteiger partial charge in [-0.2, -0.15) is 0 Å². The van der Waals surface area contributed by atoms with Crippen LogP contribution < -0.4 is 0 Å². The molecule has 1 amide bonds. The van der Waals surface area contributed by atoms with Crippen molar-refractivity contribution in [2.24, 2.45) is 0 Å². The molecule has 1 heterocycles. The zero-order valence-corrected chi connectivity index (χ0v) is 16.8. The summed E-state index contributed by atoms with van der Waals surface area (Å²) in [6.07, 6.45) is -0.0642. The molecule has 2 aromatic carbocycles. The lowest BCUT2D eigenvalue weighted by Crippen LogP contribution is -2.38. The Balaban J connectivity index is 2.09. The van der Waals surface area contributed by atoms with Crippen molar-refractivity contribution >= 4 is 23.5 Å². The van der Waals surface area contributed by atoms with Crippen LogP contribution in [0.15, 0.2) is 53.7 Å². The molecule has 0 fully saturated rings. The van der Waals surface area contributed by atoms with Crippen LogP contribution in [0.1, 0.15) is 37.3 Å². The number of benzene rings is 2. The maximum atomic E-state index is 14.1. The van der Waals surface area contributed by atoms with Crippen LogP contribution >= 0.6 is 11.6 Å². The van der Waals surface area contributed by atoms with Crippen molar-refractivity contribution < 1.29 is 23.1 Å². The van der Waals surface area contributed by atoms with Crippen LogP contribution in [0.2, 0.25) is 5.02 Å². The Morgan fingerprint density at radius 1 is 1.17 bits per heavy atom. The van der Waals surface area contributed by atoms with Gasteiger partial charge in [-0.1, -0.05) is 35.9 Å². The van der Waals surface area contributed by atoms with Gasteiger partial charge in [-0.05, 0) is 37.6 Å². The molecule has 2 aromatic rings. The van der Waals surface area contributed by atoms with E-state index in [2.05, 4.69) is 0 Å². The molecule has 1 unspecified atom stereocenters. The van der Waals surface area contributed by atoms with Gasteiger partial charge in [0, 0.05) is 28.6 Å². The van der Waals surface area contributed by atoms with Crippen LogP contribution in [-0.4, -0.2) is 23.4 Å². The van der Waals surface area contributed by atoms with Gasteiger partial charge >= 0.3 is 5.97 Å². The Morgan fingerprint density at radius 3 is 2.45 bits per heavy atom. The van der Waals surface area contributed by atoms with Crippen LogP contribution in [0, 0.1) is 11.6 Å². The Hall–Kier alpha value is -2.73. The van der Waals surface area contributed by atoms with Gasteiger partial charge < -0.3 is 9.64 Å². The highest BCUT2D eigenvalue weighted by Gasteiger charge is 2.38. The second kappa shape index (κ2) is 8.74. The molecule has 0 aliphatic carbocycles. The standard InChI is InChI=1S/C22H20ClF2NO3/c1-3-29-22(28)21-13(2)26(12-16-18(24)9-6-10-19(16)25)20(27)11-15(21)14-7-4-5-8-17(14)23/h4-10,15H,3,11-12H2,1-2H3. The number of allylic oxidation sites excluding steroid dienone is 1. The normalized spacial score (nSPS) is 16.9. The second-order valence-electron chi connectivity index (χ2n) is 6.68. The van der Waals surface area contributed by atoms with Gasteiger partial charge in [0.2, 0.25) is 5.91 Å². The smallest absolute Gasteiger partial charge is 0.336 e. The molecule has 1 aliphatic heterocycles. The minimum atomic E-state index is -0.753. The third-order valence-corrected chi connectivity index (χ3v) is 5.32. The molecule has 1 atom stereocenters. The third-order valence-electron chi connectivity index (χ3n) is 4.98. The largest absolute Gasteiger partial charge is 0.463 e. The van der Waals surface area contributed by atoms with Crippen molar-refractivity contribution in [1.82, 2.24) is 4.90 Å². The summed E-state index contributed by atoms with van der Waals surface area (Å²) in [4.78, 5) is 26.9. The van der Waals surface area contributed by atoms with E-state index in [0.29, 0.717) is 16.3 Å². The van der Waals surface area contributed by atoms with E-state index in [1.807, 2.05) is 0 Å². The highest BCUT2D eigenvalue weighted by atomic mass is 35.5. The highest BCUT2D eigenvalue weighted by molar-refractivity contribution is 6.31. The van der Waals surface area contributed by atoms with Gasteiger partial charge in [-0.3, -0.25) is 4.79 Å². The van der Waals surface area contributed by atoms with Gasteiger partial charge in [0.25, 0.3) is 0 Å². The molecule has 4 nitrogen and oxygen atoms in total. The molecule has 3 rings (SSSR count). The average molecular weight is 420 g/mol. The Morgan fingerprint density at radius 2 is 1.83 bits per heavy atom. The van der Waals surface area contributed by atoms with E-state index in [9.17, 15) is 18.4 Å². The summed E-state index contributed by atoms with van der Waals surface area (Å²) < 4.78 is 33.5. The Bertz CT molecular complexity index is 970. The summed E-state index contributed by atoms with van der Waals surface area (Å²) in [5, 5.41) is 0.425. The minimum Gasteiger partial charge on any atom is -0.463 e. The van der Waals surface area contributed by atoms with Crippen molar-refractivity contribution in [3.8, 4) is 0 Å². The molecule has 29 heavy (non-hydrogen) atoms. The summed E-state index contributed by atoms with van der Waals surface area (Å²) in [5.74, 6) is -3.05. The fourth-order valence-corrected chi connectivity index (χ4v) is 3.81. The fraction of sp³-hybridized carbons (Fsp3) is 0.273. The third kappa shape index (κ3) is 4.17. The van der Waals surface area contributed by atoms with E-state index in [1.165, 1.54) is 11.0 Å². The van der Waals surface area contributed by atoms with E-state index in [1.54, 1.807) is 38.1 Å². The summed E-state index contributed by atoms with van der Waals surface area (Å²) in [7, 11) is 0. The SMILES string of the molecule is CCOC(=O)C1=C(C)N(Cc2c(F)cccc2F)C(=O)CC1c1ccccc1Cl. The van der Waals surface area contributed by atoms with Crippen LogP contribution in [0.3, 0.4) is 0 Å². The molecule has 0 radical (unpaired) electrons. The average Bonchev–Trinajstić information content (AvgIpc) is 2.67. The first kappa shape index (κ1) is 21.0. The predicted octanol–water partition coefficient (Wildman–Crippen LogP) is 4.97. The van der Waals surface area contributed by atoms with Crippen molar-refractivity contribution in [1.29, 1.82) is 0 Å². The number of amides is 1. The number of nitrogens with zero attached hydrogens (tertiary/aromatic N) is 1. The van der Waals surface area contributed by atoms with Crippen molar-refractivity contribution in [3.63, 3.8) is 0 Å². The molecule has 152 valence electrons. The van der Waals surface area contributed by atoms with Crippen molar-refractivity contribution in [2.75, 3.05) is 6.61 Å². The van der Waals surface area contributed by atoms with Crippen molar-refractivity contribution in [2.45, 2.75) is 32.7 Å². The van der Waals surface area contributed by atoms with Gasteiger partial charge in [-0.15, -0.1) is 0 Å². The molecule has 0 spiro atoms. The van der Waals surface area contributed by atoms with Crippen molar-refractivity contribution in [3.05, 3.63) is 81.5 Å². The molecule has 0 bridgehead atoms. The number of carbonyl (C=O) groups is 2. The van der Waals surface area contributed by atoms with Gasteiger partial charge in [0.1, 0.15) is 11.6 Å². The molecule has 1 aliphatic rings. The molecular weight excluding hydrogens is 400 g/mol. The van der Waals surface area contributed by atoms with Gasteiger partial charge in [0.15, 0.2) is 0 Å². The quantitative estimate of drug-likeness (QED) is 0.643. The lowest BCUT2D eigenvalue weighted by atomic mass is 9.83. The van der Waals surface area contributed by atoms with Crippen LogP contribution in [0.4, 0.5) is 8.78 Å². The van der Waals surface area contributed by atoms with Crippen LogP contribution in [0.5, 0.6) is 0 Å². The van der Waals surface area contributed by atoms with E-state index >= 15 is 0 Å². The number of hydrogen-bond donors (Lipinski definition) is 0. The predicted molar refractivity (Wildman–Crippen MR) is 105 cm³/mol. The molecule has 0 N–H and O–H groups in total. The Kier molecular flexibility index (Phi) is 6.33. The molecule has 0 aromatic heterocycles. The van der Waals surface area contributed by atoms with Crippen LogP contribution in [-0.2, 0) is 20.9 Å². The number of esters is 1. The zero-order chi connectivity index (χ0) is 21.1. The Labute approximate surface area is 172 Å². The zero-order valence-electron chi connectivity index (χ0n) is 16.0. The minimum absolute atomic E-state index is 0.0642. The monoisotopic (exact) mass is 419 g/mol. The molecule has 0 saturated heterocycles. The maximum absolute atomic E-state index is 14.1. The van der Waals surface area contributed by atoms with E-state index in [-0.39, 0.29) is 36.6 Å². The molecule has 0 saturated carbocycles. The van der Waals surface area contributed by atoms with E-state index in [0.717, 1.165) is 12.1 Å². The number of rotatable bonds is 5. The first-order valence-electron chi connectivity index (χ1n) is 9.20.